The molecule has 3 aromatic rings. The molecule has 3 aromatic carbocycles. The molecule has 20 rings (SSSR count). The Morgan fingerprint density at radius 3 is 0.735 bits per heavy atom. The topological polar surface area (TPSA) is 386 Å². The van der Waals surface area contributed by atoms with Crippen LogP contribution in [0.25, 0.3) is 0 Å². The van der Waals surface area contributed by atoms with Crippen molar-refractivity contribution in [2.45, 2.75) is 408 Å². The molecule has 16 aliphatic heterocycles. The molecule has 16 heterocycles. The van der Waals surface area contributed by atoms with Gasteiger partial charge in [0.05, 0.1) is 66.1 Å². The van der Waals surface area contributed by atoms with Crippen molar-refractivity contribution in [1.29, 1.82) is 0 Å². The number of carbonyl (C=O) groups is 2. The van der Waals surface area contributed by atoms with Crippen LogP contribution in [0.3, 0.4) is 0 Å². The molecule has 38 nitrogen and oxygen atoms in total. The van der Waals surface area contributed by atoms with Gasteiger partial charge in [0.25, 0.3) is 11.8 Å². The smallest absolute Gasteiger partial charge is 0.256 e. The number of nitrogens with one attached hydrogen (secondary N) is 3. The summed E-state index contributed by atoms with van der Waals surface area (Å²) in [4.78, 5) is 31.0. The maximum Gasteiger partial charge on any atom is 0.256 e. The van der Waals surface area contributed by atoms with E-state index in [1.165, 1.54) is 0 Å². The van der Waals surface area contributed by atoms with E-state index in [9.17, 15) is 5.11 Å². The minimum absolute atomic E-state index is 0.0102. The Labute approximate surface area is 766 Å². The molecule has 2 amide bonds. The van der Waals surface area contributed by atoms with Gasteiger partial charge in [-0.2, -0.15) is 0 Å². The molecule has 1 aliphatic carbocycles. The molecule has 16 saturated heterocycles. The third-order valence-corrected chi connectivity index (χ3v) is 25.7. The summed E-state index contributed by atoms with van der Waals surface area (Å²) in [7, 11) is 0. The number of ether oxygens (including phenoxy) is 32. The highest BCUT2D eigenvalue weighted by Gasteiger charge is 2.66. The number of allylic oxidation sites excluding steroid dienone is 5. The van der Waals surface area contributed by atoms with Crippen molar-refractivity contribution in [3.8, 4) is 0 Å². The van der Waals surface area contributed by atoms with Crippen LogP contribution in [-0.2, 0) is 201 Å². The zero-order valence-electron chi connectivity index (χ0n) is 78.1. The molecular weight excluding hydrogens is 1730 g/mol. The zero-order valence-corrected chi connectivity index (χ0v) is 78.1. The maximum atomic E-state index is 15.5. The van der Waals surface area contributed by atoms with Crippen LogP contribution in [0.4, 0.5) is 17.1 Å². The monoisotopic (exact) mass is 1860 g/mol. The van der Waals surface area contributed by atoms with Gasteiger partial charge in [-0.15, -0.1) is 0 Å². The molecule has 132 heavy (non-hydrogen) atoms. The van der Waals surface area contributed by atoms with E-state index in [1.807, 2.05) is 129 Å². The highest BCUT2D eigenvalue weighted by atomic mass is 16.9. The molecule has 4 unspecified atom stereocenters. The number of aliphatic hydroxyl groups is 1. The molecule has 0 radical (unpaired) electrons. The Bertz CT molecular complexity index is 4410. The number of fused-ring (bicyclic) bond motifs is 6. The van der Waals surface area contributed by atoms with E-state index in [4.69, 9.17) is 152 Å². The fourth-order valence-corrected chi connectivity index (χ4v) is 20.6. The Morgan fingerprint density at radius 2 is 0.500 bits per heavy atom. The van der Waals surface area contributed by atoms with E-state index in [1.54, 1.807) is 88.4 Å². The van der Waals surface area contributed by atoms with E-state index in [-0.39, 0.29) is 72.0 Å². The Morgan fingerprint density at radius 1 is 0.280 bits per heavy atom. The van der Waals surface area contributed by atoms with E-state index < -0.39 is 242 Å². The number of amides is 2. The third kappa shape index (κ3) is 20.0. The lowest BCUT2D eigenvalue weighted by atomic mass is 10.0. The standard InChI is InChI=1S/C94H125N3O35/c1-85(2)107-40-54(117-85)58-62(70-79(111-58)127-89(9,10)121-70)101-34-46-26-47(35-102-63-59(55-41-108-86(3,4)118-55)112-80-71(63)122-90(11,12)128-80)31-52(30-46)96-77(99)68-66(74-83(115-68)131-93(17,18)125-74)105-38-44-25-45(29-51(28-44)95-76(98)50-23-21-22-24-50)39-106-67-69(116-84-75(67)126-94(19,20)132-84)78(100)97-53-32-48(36-103-64-60(56-42-109-87(5,6)119-56)113-81-72(64)123-91(13,14)129-81)27-49(33-53)37-104-65-61(57-43-110-88(7,8)120-57)114-82-73(65)124-92(15,16)130-82/h21-33,54-75,79-84,95,98H,34-43H2,1-20H3,(H,96,99)(H,97,100)/t54-,55-,56-,57-,58?,59?,60?,61?,62+,63+,64+,65+,66+,67+,68+,69+,70-,71-,72-,73-,74-,75-,79-,80-,81-,82-,83-,84-/m1/s1. The second kappa shape index (κ2) is 34.9. The van der Waals surface area contributed by atoms with Crippen LogP contribution in [0.15, 0.2) is 90.4 Å². The molecule has 0 saturated carbocycles. The van der Waals surface area contributed by atoms with E-state index >= 15 is 9.59 Å². The second-order valence-electron chi connectivity index (χ2n) is 41.2. The molecule has 0 spiro atoms. The summed E-state index contributed by atoms with van der Waals surface area (Å²) in [6.07, 6.45) is -14.8. The van der Waals surface area contributed by atoms with E-state index in [0.29, 0.717) is 56.0 Å². The van der Waals surface area contributed by atoms with Crippen LogP contribution in [0.5, 0.6) is 0 Å². The van der Waals surface area contributed by atoms with Gasteiger partial charge in [-0.05, 0) is 220 Å². The molecule has 4 N–H and O–H groups in total. The first kappa shape index (κ1) is 93.8. The van der Waals surface area contributed by atoms with Crippen molar-refractivity contribution < 1.29 is 166 Å². The number of benzene rings is 3. The lowest BCUT2D eigenvalue weighted by Crippen LogP contribution is -2.44. The summed E-state index contributed by atoms with van der Waals surface area (Å²) < 4.78 is 207. The SMILES string of the molecule is CC1(C)O[C@H]2O[C@H](C(=O)Nc3cc(CO[C@H]4C([C@H]5COC(C)(C)O5)O[C@@H]5OC(C)(C)O[C@@H]54)cc(CO[C@H]4C([C@H]5COC(C)(C)O5)O[C@@H]5OC(C)(C)O[C@@H]54)c3)[C@H](OCc3cc(CO[C@@H]4[C@H]5OC(C)(C)O[C@H]5O[C@@H]4C(=O)Nc4cc(CO[C@H]5C([C@H]6COC(C)(C)O6)O[C@@H]6OC(C)(C)O[C@@H]65)cc(CO[C@H]5C([C@H]6COC(C)(C)O6)O[C@@H]6OC(C)(C)O[C@@H]65)c4)cc(NC(O)=C4C=CC=C4)c3)[C@H]2O1. The summed E-state index contributed by atoms with van der Waals surface area (Å²) in [5, 5.41) is 21.2. The minimum Gasteiger partial charge on any atom is -0.494 e. The van der Waals surface area contributed by atoms with Crippen LogP contribution in [0, 0.1) is 0 Å². The first-order chi connectivity index (χ1) is 62.2. The molecular formula is C94H125N3O35. The molecule has 0 aromatic heterocycles. The predicted molar refractivity (Wildman–Crippen MR) is 451 cm³/mol. The quantitative estimate of drug-likeness (QED) is 0.0491. The average Bonchev–Trinajstić information content (AvgIpc) is 1.63. The van der Waals surface area contributed by atoms with Gasteiger partial charge in [0, 0.05) is 22.6 Å². The first-order valence-corrected chi connectivity index (χ1v) is 45.8. The highest BCUT2D eigenvalue weighted by Crippen LogP contribution is 2.50. The Balaban J connectivity index is 0.568. The first-order valence-electron chi connectivity index (χ1n) is 45.8. The van der Waals surface area contributed by atoms with E-state index in [0.717, 1.165) is 0 Å². The van der Waals surface area contributed by atoms with Crippen molar-refractivity contribution in [3.63, 3.8) is 0 Å². The van der Waals surface area contributed by atoms with Crippen molar-refractivity contribution in [2.75, 3.05) is 42.4 Å². The number of aliphatic hydroxyl groups excluding tert-OH is 1. The van der Waals surface area contributed by atoms with Crippen LogP contribution in [0.2, 0.25) is 0 Å². The predicted octanol–water partition coefficient (Wildman–Crippen LogP) is 9.45. The fourth-order valence-electron chi connectivity index (χ4n) is 20.6. The van der Waals surface area contributed by atoms with Crippen molar-refractivity contribution in [2.24, 2.45) is 0 Å². The van der Waals surface area contributed by atoms with Crippen LogP contribution < -0.4 is 16.0 Å². The normalized spacial score (nSPS) is 40.3. The van der Waals surface area contributed by atoms with Crippen molar-refractivity contribution in [3.05, 3.63) is 124 Å². The van der Waals surface area contributed by atoms with Gasteiger partial charge in [0.15, 0.2) is 114 Å². The lowest BCUT2D eigenvalue weighted by molar-refractivity contribution is -0.237. The van der Waals surface area contributed by atoms with Crippen LogP contribution in [0.1, 0.15) is 172 Å². The van der Waals surface area contributed by atoms with Gasteiger partial charge in [-0.1, -0.05) is 30.4 Å². The third-order valence-electron chi connectivity index (χ3n) is 25.7. The van der Waals surface area contributed by atoms with Gasteiger partial charge in [0.1, 0.15) is 122 Å². The summed E-state index contributed by atoms with van der Waals surface area (Å²) >= 11 is 0. The lowest BCUT2D eigenvalue weighted by Gasteiger charge is -2.29. The molecule has 38 heteroatoms. The number of carbonyl (C=O) groups excluding carboxylic acids is 2. The number of hydrogen-bond acceptors (Lipinski definition) is 36. The van der Waals surface area contributed by atoms with E-state index in [2.05, 4.69) is 16.0 Å². The van der Waals surface area contributed by atoms with Crippen LogP contribution >= 0.6 is 0 Å². The summed E-state index contributed by atoms with van der Waals surface area (Å²) in [5.41, 5.74) is 5.30. The van der Waals surface area contributed by atoms with Crippen molar-refractivity contribution in [1.82, 2.24) is 0 Å². The summed E-state index contributed by atoms with van der Waals surface area (Å²) in [6, 6.07) is 16.5. The summed E-state index contributed by atoms with van der Waals surface area (Å²) in [6.45, 7) is 36.9. The zero-order chi connectivity index (χ0) is 92.7. The van der Waals surface area contributed by atoms with Gasteiger partial charge in [0.2, 0.25) is 0 Å². The molecule has 28 atom stereocenters. The molecule has 16 fully saturated rings. The van der Waals surface area contributed by atoms with Gasteiger partial charge in [-0.25, -0.2) is 0 Å². The Kier molecular flexibility index (Phi) is 24.8. The highest BCUT2D eigenvalue weighted by molar-refractivity contribution is 5.96. The fraction of sp³-hybridized carbons (Fsp3) is 0.723. The van der Waals surface area contributed by atoms with Gasteiger partial charge in [-0.3, -0.25) is 9.59 Å². The molecule has 0 bridgehead atoms. The van der Waals surface area contributed by atoms with Crippen molar-refractivity contribution >= 4 is 28.9 Å². The minimum atomic E-state index is -1.35. The van der Waals surface area contributed by atoms with Gasteiger partial charge < -0.3 is 173 Å². The second-order valence-corrected chi connectivity index (χ2v) is 41.2. The maximum absolute atomic E-state index is 15.5. The van der Waals surface area contributed by atoms with Crippen LogP contribution in [-0.4, -0.2) is 273 Å². The largest absolute Gasteiger partial charge is 0.494 e. The number of anilines is 3. The average molecular weight is 1860 g/mol. The number of hydrogen-bond donors (Lipinski definition) is 4. The molecule has 17 aliphatic rings. The number of rotatable bonds is 28. The summed E-state index contributed by atoms with van der Waals surface area (Å²) in [5.74, 6) is -11.0. The molecule has 726 valence electrons. The Hall–Kier alpha value is -5.86. The van der Waals surface area contributed by atoms with Gasteiger partial charge >= 0.3 is 0 Å².